The van der Waals surface area contributed by atoms with E-state index in [0.29, 0.717) is 41.0 Å². The Kier molecular flexibility index (Phi) is 7.26. The second kappa shape index (κ2) is 11.0. The van der Waals surface area contributed by atoms with Gasteiger partial charge in [0.05, 0.1) is 41.4 Å². The third kappa shape index (κ3) is 4.72. The Morgan fingerprint density at radius 2 is 1.57 bits per heavy atom. The summed E-state index contributed by atoms with van der Waals surface area (Å²) >= 11 is 0. The minimum absolute atomic E-state index is 0.141. The van der Waals surface area contributed by atoms with Gasteiger partial charge in [0.1, 0.15) is 12.4 Å². The van der Waals surface area contributed by atoms with Gasteiger partial charge < -0.3 is 24.8 Å². The Hall–Kier alpha value is -4.54. The van der Waals surface area contributed by atoms with Gasteiger partial charge in [0.2, 0.25) is 0 Å². The normalized spacial score (nSPS) is 22.8. The number of benzene rings is 3. The van der Waals surface area contributed by atoms with E-state index < -0.39 is 17.7 Å². The van der Waals surface area contributed by atoms with Crippen LogP contribution in [0.25, 0.3) is 0 Å². The number of hydrogen-bond acceptors (Lipinski definition) is 7. The van der Waals surface area contributed by atoms with Gasteiger partial charge in [-0.25, -0.2) is 0 Å². The molecule has 1 atom stereocenters. The Bertz CT molecular complexity index is 1530. The monoisotopic (exact) mass is 569 g/mol. The predicted molar refractivity (Wildman–Crippen MR) is 152 cm³/mol. The van der Waals surface area contributed by atoms with Crippen molar-refractivity contribution in [2.45, 2.75) is 31.1 Å². The maximum Gasteiger partial charge on any atom is 0.261 e. The van der Waals surface area contributed by atoms with Crippen LogP contribution in [0.4, 0.5) is 0 Å². The summed E-state index contributed by atoms with van der Waals surface area (Å²) in [5.74, 6) is -0.899. The molecular formula is C32H31N3O7. The zero-order valence-electron chi connectivity index (χ0n) is 23.3. The van der Waals surface area contributed by atoms with Gasteiger partial charge in [-0.1, -0.05) is 42.5 Å². The van der Waals surface area contributed by atoms with Gasteiger partial charge in [0, 0.05) is 31.1 Å². The third-order valence-corrected chi connectivity index (χ3v) is 8.14. The highest BCUT2D eigenvalue weighted by Gasteiger charge is 2.42. The van der Waals surface area contributed by atoms with Crippen LogP contribution in [-0.2, 0) is 14.9 Å². The fraction of sp³-hybridized carbons (Fsp3) is 0.312. The fourth-order valence-electron chi connectivity index (χ4n) is 5.76. The summed E-state index contributed by atoms with van der Waals surface area (Å²) in [4.78, 5) is 52.7. The highest BCUT2D eigenvalue weighted by molar-refractivity contribution is 6.21. The predicted octanol–water partition coefficient (Wildman–Crippen LogP) is 2.90. The molecule has 3 aromatic carbocycles. The Balaban J connectivity index is 1.09. The van der Waals surface area contributed by atoms with Crippen molar-refractivity contribution in [2.75, 3.05) is 33.4 Å². The number of carbonyl (C=O) groups is 4. The first-order valence-corrected chi connectivity index (χ1v) is 13.9. The summed E-state index contributed by atoms with van der Waals surface area (Å²) in [5, 5.41) is 5.53. The molecule has 0 saturated carbocycles. The van der Waals surface area contributed by atoms with Crippen LogP contribution in [0.2, 0.25) is 0 Å². The van der Waals surface area contributed by atoms with E-state index in [0.717, 1.165) is 11.1 Å². The zero-order valence-corrected chi connectivity index (χ0v) is 23.3. The molecule has 0 aromatic heterocycles. The summed E-state index contributed by atoms with van der Waals surface area (Å²) in [6.07, 6.45) is -0.244. The van der Waals surface area contributed by atoms with Crippen molar-refractivity contribution in [1.82, 2.24) is 15.5 Å². The molecule has 0 bridgehead atoms. The highest BCUT2D eigenvalue weighted by Crippen LogP contribution is 2.45. The molecule has 1 saturated heterocycles. The second-order valence-electron chi connectivity index (χ2n) is 10.8. The summed E-state index contributed by atoms with van der Waals surface area (Å²) in [6.45, 7) is 2.92. The smallest absolute Gasteiger partial charge is 0.261 e. The van der Waals surface area contributed by atoms with Crippen molar-refractivity contribution in [3.8, 4) is 5.75 Å². The Morgan fingerprint density at radius 1 is 0.929 bits per heavy atom. The molecule has 216 valence electrons. The number of hydrogen-bond donors (Lipinski definition) is 2. The van der Waals surface area contributed by atoms with Crippen molar-refractivity contribution < 1.29 is 33.4 Å². The van der Waals surface area contributed by atoms with Crippen LogP contribution in [0, 0.1) is 0 Å². The molecular weight excluding hydrogens is 538 g/mol. The Morgan fingerprint density at radius 3 is 2.21 bits per heavy atom. The van der Waals surface area contributed by atoms with Crippen molar-refractivity contribution in [3.63, 3.8) is 0 Å². The number of fused-ring (bicyclic) bond motifs is 2. The van der Waals surface area contributed by atoms with E-state index in [1.807, 2.05) is 37.3 Å². The second-order valence-corrected chi connectivity index (χ2v) is 10.8. The van der Waals surface area contributed by atoms with Crippen molar-refractivity contribution in [2.24, 2.45) is 0 Å². The van der Waals surface area contributed by atoms with E-state index in [1.165, 1.54) is 11.9 Å². The number of carbonyl (C=O) groups excluding carboxylic acids is 4. The van der Waals surface area contributed by atoms with Gasteiger partial charge in [-0.15, -0.1) is 0 Å². The molecule has 10 heteroatoms. The van der Waals surface area contributed by atoms with Gasteiger partial charge in [0.15, 0.2) is 6.29 Å². The summed E-state index contributed by atoms with van der Waals surface area (Å²) in [6, 6.07) is 19.4. The van der Waals surface area contributed by atoms with Crippen molar-refractivity contribution in [3.05, 3.63) is 100 Å². The molecule has 3 aliphatic rings. The number of ether oxygens (including phenoxy) is 3. The number of amides is 4. The summed E-state index contributed by atoms with van der Waals surface area (Å²) < 4.78 is 17.6. The van der Waals surface area contributed by atoms with Crippen LogP contribution in [0.3, 0.4) is 0 Å². The number of nitrogens with zero attached hydrogens (tertiary/aromatic N) is 1. The van der Waals surface area contributed by atoms with Crippen LogP contribution in [-0.4, -0.2) is 74.3 Å². The standard InChI is InChI=1S/C32H31N3O7/c1-32(20-8-4-3-5-9-20)18-42-27-24(29(37)33-2)14-19(15-25(27)32)28(36)34-13-12-26-40-16-21(17-41-26)35-30(38)22-10-6-7-11-23(22)31(35)39/h3-11,14-15,21,26H,12-13,16-18H2,1-2H3,(H,33,37)(H,34,36)/t21?,26?,32-/m0/s1. The zero-order chi connectivity index (χ0) is 29.4. The minimum atomic E-state index is -0.604. The van der Waals surface area contributed by atoms with Crippen LogP contribution in [0.1, 0.15) is 65.9 Å². The maximum absolute atomic E-state index is 13.3. The summed E-state index contributed by atoms with van der Waals surface area (Å²) in [5.41, 5.74) is 2.68. The minimum Gasteiger partial charge on any atom is -0.491 e. The van der Waals surface area contributed by atoms with Crippen LogP contribution >= 0.6 is 0 Å². The molecule has 6 rings (SSSR count). The van der Waals surface area contributed by atoms with Crippen LogP contribution in [0.15, 0.2) is 66.7 Å². The van der Waals surface area contributed by atoms with Crippen LogP contribution in [0.5, 0.6) is 5.75 Å². The first-order chi connectivity index (χ1) is 20.3. The number of rotatable bonds is 7. The van der Waals surface area contributed by atoms with E-state index >= 15 is 0 Å². The first-order valence-electron chi connectivity index (χ1n) is 13.9. The SMILES string of the molecule is CNC(=O)c1cc(C(=O)NCCC2OCC(N3C(=O)c4ccccc4C3=O)CO2)cc2c1OC[C@@]2(C)c1ccccc1. The molecule has 1 fully saturated rings. The molecule has 3 aromatic rings. The lowest BCUT2D eigenvalue weighted by Crippen LogP contribution is -2.50. The molecule has 3 heterocycles. The van der Waals surface area contributed by atoms with E-state index in [1.54, 1.807) is 36.4 Å². The lowest BCUT2D eigenvalue weighted by atomic mass is 9.77. The van der Waals surface area contributed by atoms with Gasteiger partial charge in [-0.2, -0.15) is 0 Å². The quantitative estimate of drug-likeness (QED) is 0.420. The first kappa shape index (κ1) is 27.6. The third-order valence-electron chi connectivity index (χ3n) is 8.14. The number of imide groups is 1. The Labute approximate surface area is 242 Å². The molecule has 0 spiro atoms. The molecule has 2 N–H and O–H groups in total. The van der Waals surface area contributed by atoms with E-state index in [4.69, 9.17) is 14.2 Å². The average Bonchev–Trinajstić information content (AvgIpc) is 3.51. The summed E-state index contributed by atoms with van der Waals surface area (Å²) in [7, 11) is 1.54. The van der Waals surface area contributed by atoms with E-state index in [2.05, 4.69) is 10.6 Å². The fourth-order valence-corrected chi connectivity index (χ4v) is 5.76. The van der Waals surface area contributed by atoms with Gasteiger partial charge in [-0.3, -0.25) is 24.1 Å². The average molecular weight is 570 g/mol. The molecule has 42 heavy (non-hydrogen) atoms. The van der Waals surface area contributed by atoms with Gasteiger partial charge in [-0.05, 0) is 36.8 Å². The molecule has 0 aliphatic carbocycles. The lowest BCUT2D eigenvalue weighted by molar-refractivity contribution is -0.198. The van der Waals surface area contributed by atoms with E-state index in [9.17, 15) is 19.2 Å². The molecule has 10 nitrogen and oxygen atoms in total. The van der Waals surface area contributed by atoms with E-state index in [-0.39, 0.29) is 43.4 Å². The van der Waals surface area contributed by atoms with Crippen molar-refractivity contribution >= 4 is 23.6 Å². The van der Waals surface area contributed by atoms with Gasteiger partial charge in [0.25, 0.3) is 23.6 Å². The molecule has 0 unspecified atom stereocenters. The van der Waals surface area contributed by atoms with Crippen LogP contribution < -0.4 is 15.4 Å². The highest BCUT2D eigenvalue weighted by atomic mass is 16.7. The van der Waals surface area contributed by atoms with Crippen molar-refractivity contribution in [1.29, 1.82) is 0 Å². The molecule has 3 aliphatic heterocycles. The van der Waals surface area contributed by atoms with Gasteiger partial charge >= 0.3 is 0 Å². The maximum atomic E-state index is 13.3. The largest absolute Gasteiger partial charge is 0.491 e. The number of nitrogens with one attached hydrogen (secondary N) is 2. The molecule has 0 radical (unpaired) electrons. The lowest BCUT2D eigenvalue weighted by Gasteiger charge is -2.33. The topological polar surface area (TPSA) is 123 Å². The molecule has 4 amide bonds.